The van der Waals surface area contributed by atoms with E-state index in [1.54, 1.807) is 19.1 Å². The molecular formula is C11H14N2O3. The maximum absolute atomic E-state index is 10.8. The number of nitrogens with two attached hydrogens (primary N) is 1. The highest BCUT2D eigenvalue weighted by molar-refractivity contribution is 5.48. The molecule has 5 nitrogen and oxygen atoms in total. The molecular weight excluding hydrogens is 208 g/mol. The summed E-state index contributed by atoms with van der Waals surface area (Å²) in [4.78, 5) is 10.3. The second kappa shape index (κ2) is 5.27. The Kier molecular flexibility index (Phi) is 4.02. The molecule has 0 radical (unpaired) electrons. The number of ether oxygens (including phenoxy) is 1. The molecule has 16 heavy (non-hydrogen) atoms. The molecule has 0 saturated carbocycles. The summed E-state index contributed by atoms with van der Waals surface area (Å²) in [5.74, 6) is 0.241. The highest BCUT2D eigenvalue weighted by atomic mass is 16.6. The van der Waals surface area contributed by atoms with Gasteiger partial charge in [-0.25, -0.2) is 0 Å². The molecule has 0 aromatic heterocycles. The molecule has 1 aromatic rings. The zero-order chi connectivity index (χ0) is 12.1. The zero-order valence-corrected chi connectivity index (χ0v) is 9.10. The lowest BCUT2D eigenvalue weighted by Gasteiger charge is -2.07. The minimum absolute atomic E-state index is 0.0372. The average Bonchev–Trinajstić information content (AvgIpc) is 2.26. The molecule has 0 atom stereocenters. The van der Waals surface area contributed by atoms with Gasteiger partial charge in [-0.3, -0.25) is 10.1 Å². The molecule has 0 heterocycles. The summed E-state index contributed by atoms with van der Waals surface area (Å²) in [5.41, 5.74) is 6.81. The van der Waals surface area contributed by atoms with E-state index < -0.39 is 4.92 Å². The maximum Gasteiger partial charge on any atom is 0.311 e. The molecule has 0 unspecified atom stereocenters. The number of nitro benzene ring substituents is 1. The van der Waals surface area contributed by atoms with E-state index in [-0.39, 0.29) is 18.0 Å². The number of rotatable bonds is 5. The van der Waals surface area contributed by atoms with E-state index in [0.29, 0.717) is 12.1 Å². The third-order valence-electron chi connectivity index (χ3n) is 2.03. The fraction of sp³-hybridized carbons (Fsp3) is 0.273. The summed E-state index contributed by atoms with van der Waals surface area (Å²) in [5, 5.41) is 10.8. The van der Waals surface area contributed by atoms with Crippen molar-refractivity contribution in [3.63, 3.8) is 0 Å². The van der Waals surface area contributed by atoms with E-state index in [1.807, 2.05) is 0 Å². The predicted molar refractivity (Wildman–Crippen MR) is 61.5 cm³/mol. The number of aryl methyl sites for hydroxylation is 1. The Morgan fingerprint density at radius 3 is 2.88 bits per heavy atom. The van der Waals surface area contributed by atoms with Gasteiger partial charge in [0.05, 0.1) is 4.92 Å². The first kappa shape index (κ1) is 12.2. The van der Waals surface area contributed by atoms with Crippen molar-refractivity contribution in [2.45, 2.75) is 6.92 Å². The molecule has 0 saturated heterocycles. The van der Waals surface area contributed by atoms with Gasteiger partial charge in [0, 0.05) is 12.6 Å². The molecule has 1 aromatic carbocycles. The molecule has 0 fully saturated rings. The van der Waals surface area contributed by atoms with Crippen LogP contribution >= 0.6 is 0 Å². The zero-order valence-electron chi connectivity index (χ0n) is 9.10. The minimum atomic E-state index is -0.465. The van der Waals surface area contributed by atoms with E-state index in [9.17, 15) is 10.1 Å². The standard InChI is InChI=1S/C11H14N2O3/c1-8-3-4-11(10(5-8)13(14)15)16-7-9(2)6-12/h3-5H,2,6-7,12H2,1H3. The van der Waals surface area contributed by atoms with E-state index in [1.165, 1.54) is 6.07 Å². The van der Waals surface area contributed by atoms with Crippen LogP contribution in [-0.4, -0.2) is 18.1 Å². The highest BCUT2D eigenvalue weighted by Gasteiger charge is 2.14. The van der Waals surface area contributed by atoms with Gasteiger partial charge in [0.2, 0.25) is 0 Å². The van der Waals surface area contributed by atoms with Crippen molar-refractivity contribution in [1.29, 1.82) is 0 Å². The molecule has 2 N–H and O–H groups in total. The molecule has 5 heteroatoms. The van der Waals surface area contributed by atoms with Crippen molar-refractivity contribution >= 4 is 5.69 Å². The van der Waals surface area contributed by atoms with Crippen LogP contribution in [0.2, 0.25) is 0 Å². The van der Waals surface area contributed by atoms with Gasteiger partial charge in [-0.15, -0.1) is 0 Å². The van der Waals surface area contributed by atoms with Gasteiger partial charge < -0.3 is 10.5 Å². The van der Waals surface area contributed by atoms with Crippen LogP contribution in [0.1, 0.15) is 5.56 Å². The summed E-state index contributed by atoms with van der Waals surface area (Å²) < 4.78 is 5.28. The van der Waals surface area contributed by atoms with Crippen LogP contribution in [0.25, 0.3) is 0 Å². The quantitative estimate of drug-likeness (QED) is 0.468. The molecule has 0 aliphatic heterocycles. The Bertz CT molecular complexity index is 416. The van der Waals surface area contributed by atoms with Gasteiger partial charge in [-0.05, 0) is 24.1 Å². The van der Waals surface area contributed by atoms with Gasteiger partial charge in [0.1, 0.15) is 6.61 Å². The van der Waals surface area contributed by atoms with Crippen LogP contribution in [-0.2, 0) is 0 Å². The smallest absolute Gasteiger partial charge is 0.311 e. The van der Waals surface area contributed by atoms with Gasteiger partial charge in [0.25, 0.3) is 0 Å². The molecule has 0 amide bonds. The first-order valence-electron chi connectivity index (χ1n) is 4.79. The lowest BCUT2D eigenvalue weighted by atomic mass is 10.2. The summed E-state index contributed by atoms with van der Waals surface area (Å²) >= 11 is 0. The summed E-state index contributed by atoms with van der Waals surface area (Å²) in [6.07, 6.45) is 0. The fourth-order valence-electron chi connectivity index (χ4n) is 1.13. The number of nitrogens with zero attached hydrogens (tertiary/aromatic N) is 1. The minimum Gasteiger partial charge on any atom is -0.482 e. The van der Waals surface area contributed by atoms with E-state index in [2.05, 4.69) is 6.58 Å². The maximum atomic E-state index is 10.8. The number of benzene rings is 1. The summed E-state index contributed by atoms with van der Waals surface area (Å²) in [6, 6.07) is 4.81. The summed E-state index contributed by atoms with van der Waals surface area (Å²) in [6.45, 7) is 5.95. The van der Waals surface area contributed by atoms with Crippen LogP contribution < -0.4 is 10.5 Å². The van der Waals surface area contributed by atoms with Crippen molar-refractivity contribution in [1.82, 2.24) is 0 Å². The van der Waals surface area contributed by atoms with Crippen molar-refractivity contribution in [3.8, 4) is 5.75 Å². The average molecular weight is 222 g/mol. The molecule has 0 spiro atoms. The van der Waals surface area contributed by atoms with Crippen molar-refractivity contribution in [3.05, 3.63) is 46.0 Å². The molecule has 0 aliphatic carbocycles. The van der Waals surface area contributed by atoms with Crippen LogP contribution in [0.4, 0.5) is 5.69 Å². The highest BCUT2D eigenvalue weighted by Crippen LogP contribution is 2.27. The first-order valence-corrected chi connectivity index (χ1v) is 4.79. The van der Waals surface area contributed by atoms with Crippen molar-refractivity contribution < 1.29 is 9.66 Å². The van der Waals surface area contributed by atoms with E-state index in [0.717, 1.165) is 5.56 Å². The lowest BCUT2D eigenvalue weighted by molar-refractivity contribution is -0.385. The molecule has 0 bridgehead atoms. The number of hydrogen-bond acceptors (Lipinski definition) is 4. The lowest BCUT2D eigenvalue weighted by Crippen LogP contribution is -2.10. The molecule has 1 rings (SSSR count). The molecule has 86 valence electrons. The van der Waals surface area contributed by atoms with Crippen LogP contribution in [0.15, 0.2) is 30.4 Å². The van der Waals surface area contributed by atoms with Crippen LogP contribution in [0.5, 0.6) is 5.75 Å². The predicted octanol–water partition coefficient (Wildman–Crippen LogP) is 1.80. The number of nitro groups is 1. The van der Waals surface area contributed by atoms with Gasteiger partial charge >= 0.3 is 5.69 Å². The van der Waals surface area contributed by atoms with Crippen molar-refractivity contribution in [2.24, 2.45) is 5.73 Å². The Morgan fingerprint density at radius 1 is 1.62 bits per heavy atom. The van der Waals surface area contributed by atoms with Gasteiger partial charge in [-0.1, -0.05) is 12.6 Å². The monoisotopic (exact) mass is 222 g/mol. The van der Waals surface area contributed by atoms with Gasteiger partial charge in [-0.2, -0.15) is 0 Å². The Morgan fingerprint density at radius 2 is 2.31 bits per heavy atom. The fourth-order valence-corrected chi connectivity index (χ4v) is 1.13. The van der Waals surface area contributed by atoms with Crippen LogP contribution in [0, 0.1) is 17.0 Å². The topological polar surface area (TPSA) is 78.4 Å². The SMILES string of the molecule is C=C(CN)COc1ccc(C)cc1[N+](=O)[O-]. The van der Waals surface area contributed by atoms with E-state index >= 15 is 0 Å². The Hall–Kier alpha value is -1.88. The molecule has 0 aliphatic rings. The Balaban J connectivity index is 2.87. The van der Waals surface area contributed by atoms with E-state index in [4.69, 9.17) is 10.5 Å². The third kappa shape index (κ3) is 3.06. The van der Waals surface area contributed by atoms with Gasteiger partial charge in [0.15, 0.2) is 5.75 Å². The Labute approximate surface area is 93.7 Å². The normalized spacial score (nSPS) is 9.88. The second-order valence-electron chi connectivity index (χ2n) is 3.47. The third-order valence-corrected chi connectivity index (χ3v) is 2.03. The number of hydrogen-bond donors (Lipinski definition) is 1. The second-order valence-corrected chi connectivity index (χ2v) is 3.47. The van der Waals surface area contributed by atoms with Crippen LogP contribution in [0.3, 0.4) is 0 Å². The largest absolute Gasteiger partial charge is 0.482 e. The van der Waals surface area contributed by atoms with Crippen molar-refractivity contribution in [2.75, 3.05) is 13.2 Å². The first-order chi connectivity index (χ1) is 7.54. The summed E-state index contributed by atoms with van der Waals surface area (Å²) in [7, 11) is 0.